The SMILES string of the molecule is COC(=O)c1ccc(N2CCCC2)c(NC(=O)N2CCC[C@H](O)C2)c1. The Hall–Kier alpha value is -2.28. The smallest absolute Gasteiger partial charge is 0.337 e. The molecule has 2 aliphatic rings. The summed E-state index contributed by atoms with van der Waals surface area (Å²) in [5.74, 6) is -0.433. The lowest BCUT2D eigenvalue weighted by molar-refractivity contribution is 0.0600. The summed E-state index contributed by atoms with van der Waals surface area (Å²) in [6.45, 7) is 2.83. The van der Waals surface area contributed by atoms with E-state index in [-0.39, 0.29) is 6.03 Å². The summed E-state index contributed by atoms with van der Waals surface area (Å²) in [4.78, 5) is 28.3. The Balaban J connectivity index is 1.83. The van der Waals surface area contributed by atoms with Crippen LogP contribution < -0.4 is 10.2 Å². The summed E-state index contributed by atoms with van der Waals surface area (Å²) in [5, 5.41) is 12.7. The van der Waals surface area contributed by atoms with Crippen molar-refractivity contribution in [3.05, 3.63) is 23.8 Å². The van der Waals surface area contributed by atoms with E-state index in [0.717, 1.165) is 44.5 Å². The van der Waals surface area contributed by atoms with Crippen LogP contribution in [0.25, 0.3) is 0 Å². The molecular formula is C18H25N3O4. The zero-order valence-electron chi connectivity index (χ0n) is 14.5. The maximum absolute atomic E-state index is 12.6. The average molecular weight is 347 g/mol. The summed E-state index contributed by atoms with van der Waals surface area (Å²) >= 11 is 0. The molecule has 0 bridgehead atoms. The average Bonchev–Trinajstić information content (AvgIpc) is 3.15. The minimum atomic E-state index is -0.473. The third kappa shape index (κ3) is 4.04. The summed E-state index contributed by atoms with van der Waals surface area (Å²) in [5.41, 5.74) is 1.92. The van der Waals surface area contributed by atoms with Crippen LogP contribution in [0, 0.1) is 0 Å². The normalized spacial score (nSPS) is 20.5. The molecule has 1 aromatic carbocycles. The Morgan fingerprint density at radius 1 is 1.20 bits per heavy atom. The van der Waals surface area contributed by atoms with E-state index in [1.54, 1.807) is 17.0 Å². The van der Waals surface area contributed by atoms with Crippen molar-refractivity contribution in [2.75, 3.05) is 43.5 Å². The number of aliphatic hydroxyl groups excluding tert-OH is 1. The molecule has 2 heterocycles. The van der Waals surface area contributed by atoms with Crippen LogP contribution in [0.4, 0.5) is 16.2 Å². The number of nitrogens with zero attached hydrogens (tertiary/aromatic N) is 2. The van der Waals surface area contributed by atoms with Crippen molar-refractivity contribution in [3.63, 3.8) is 0 Å². The van der Waals surface area contributed by atoms with E-state index in [9.17, 15) is 14.7 Å². The number of amides is 2. The number of aliphatic hydroxyl groups is 1. The Morgan fingerprint density at radius 3 is 2.64 bits per heavy atom. The molecular weight excluding hydrogens is 322 g/mol. The Kier molecular flexibility index (Phi) is 5.43. The van der Waals surface area contributed by atoms with Gasteiger partial charge in [0, 0.05) is 26.2 Å². The second-order valence-electron chi connectivity index (χ2n) is 6.59. The zero-order valence-corrected chi connectivity index (χ0v) is 14.5. The van der Waals surface area contributed by atoms with Crippen LogP contribution in [-0.4, -0.2) is 61.4 Å². The Morgan fingerprint density at radius 2 is 1.96 bits per heavy atom. The van der Waals surface area contributed by atoms with Crippen molar-refractivity contribution in [3.8, 4) is 0 Å². The number of piperidine rings is 1. The van der Waals surface area contributed by atoms with E-state index in [2.05, 4.69) is 10.2 Å². The van der Waals surface area contributed by atoms with E-state index in [1.165, 1.54) is 7.11 Å². The number of carbonyl (C=O) groups is 2. The molecule has 2 saturated heterocycles. The van der Waals surface area contributed by atoms with Gasteiger partial charge in [0.1, 0.15) is 0 Å². The Labute approximate surface area is 147 Å². The largest absolute Gasteiger partial charge is 0.465 e. The van der Waals surface area contributed by atoms with Gasteiger partial charge in [-0.2, -0.15) is 0 Å². The van der Waals surface area contributed by atoms with E-state index in [1.807, 2.05) is 6.07 Å². The van der Waals surface area contributed by atoms with Crippen molar-refractivity contribution in [2.24, 2.45) is 0 Å². The molecule has 0 saturated carbocycles. The molecule has 3 rings (SSSR count). The number of esters is 1. The molecule has 0 radical (unpaired) electrons. The first-order valence-electron chi connectivity index (χ1n) is 8.80. The number of rotatable bonds is 3. The number of β-amino-alcohol motifs (C(OH)–C–C–N with tert-alkyl or cyclic N) is 1. The highest BCUT2D eigenvalue weighted by atomic mass is 16.5. The second-order valence-corrected chi connectivity index (χ2v) is 6.59. The predicted octanol–water partition coefficient (Wildman–Crippen LogP) is 2.06. The number of likely N-dealkylation sites (tertiary alicyclic amines) is 1. The van der Waals surface area contributed by atoms with E-state index < -0.39 is 12.1 Å². The van der Waals surface area contributed by atoms with Crippen LogP contribution in [-0.2, 0) is 4.74 Å². The van der Waals surface area contributed by atoms with Crippen LogP contribution in [0.15, 0.2) is 18.2 Å². The number of nitrogens with one attached hydrogen (secondary N) is 1. The zero-order chi connectivity index (χ0) is 17.8. The monoisotopic (exact) mass is 347 g/mol. The molecule has 1 atom stereocenters. The van der Waals surface area contributed by atoms with Gasteiger partial charge >= 0.3 is 12.0 Å². The molecule has 2 aliphatic heterocycles. The van der Waals surface area contributed by atoms with Crippen LogP contribution in [0.5, 0.6) is 0 Å². The van der Waals surface area contributed by atoms with Gasteiger partial charge in [0.05, 0.1) is 30.2 Å². The van der Waals surface area contributed by atoms with E-state index in [0.29, 0.717) is 24.3 Å². The van der Waals surface area contributed by atoms with E-state index in [4.69, 9.17) is 4.74 Å². The number of urea groups is 1. The van der Waals surface area contributed by atoms with Crippen LogP contribution in [0.3, 0.4) is 0 Å². The van der Waals surface area contributed by atoms with Crippen LogP contribution >= 0.6 is 0 Å². The van der Waals surface area contributed by atoms with Gasteiger partial charge < -0.3 is 25.0 Å². The third-order valence-corrected chi connectivity index (χ3v) is 4.79. The summed E-state index contributed by atoms with van der Waals surface area (Å²) in [7, 11) is 1.34. The molecule has 0 aliphatic carbocycles. The third-order valence-electron chi connectivity index (χ3n) is 4.79. The molecule has 0 unspecified atom stereocenters. The van der Waals surface area contributed by atoms with Crippen molar-refractivity contribution in [2.45, 2.75) is 31.8 Å². The van der Waals surface area contributed by atoms with Crippen LogP contribution in [0.1, 0.15) is 36.0 Å². The van der Waals surface area contributed by atoms with Crippen molar-refractivity contribution in [1.29, 1.82) is 0 Å². The predicted molar refractivity (Wildman–Crippen MR) is 95.1 cm³/mol. The molecule has 2 N–H and O–H groups in total. The number of hydrogen-bond donors (Lipinski definition) is 2. The lowest BCUT2D eigenvalue weighted by atomic mass is 10.1. The first-order valence-corrected chi connectivity index (χ1v) is 8.80. The fraction of sp³-hybridized carbons (Fsp3) is 0.556. The standard InChI is InChI=1S/C18H25N3O4/c1-25-17(23)13-6-7-16(20-8-2-3-9-20)15(11-13)19-18(24)21-10-4-5-14(22)12-21/h6-7,11,14,22H,2-5,8-10,12H2,1H3,(H,19,24)/t14-/m0/s1. The molecule has 0 aromatic heterocycles. The summed E-state index contributed by atoms with van der Waals surface area (Å²) in [6, 6.07) is 5.00. The summed E-state index contributed by atoms with van der Waals surface area (Å²) in [6.07, 6.45) is 3.27. The number of benzene rings is 1. The van der Waals surface area contributed by atoms with Crippen molar-refractivity contribution < 1.29 is 19.4 Å². The second kappa shape index (κ2) is 7.74. The molecule has 7 heteroatoms. The maximum Gasteiger partial charge on any atom is 0.337 e. The van der Waals surface area contributed by atoms with Crippen LogP contribution in [0.2, 0.25) is 0 Å². The van der Waals surface area contributed by atoms with Gasteiger partial charge in [0.2, 0.25) is 0 Å². The number of anilines is 2. The quantitative estimate of drug-likeness (QED) is 0.818. The molecule has 2 amide bonds. The van der Waals surface area contributed by atoms with Gasteiger partial charge in [-0.1, -0.05) is 0 Å². The maximum atomic E-state index is 12.6. The number of ether oxygens (including phenoxy) is 1. The molecule has 1 aromatic rings. The fourth-order valence-electron chi connectivity index (χ4n) is 3.45. The molecule has 136 valence electrons. The van der Waals surface area contributed by atoms with Crippen molar-refractivity contribution >= 4 is 23.4 Å². The molecule has 7 nitrogen and oxygen atoms in total. The van der Waals surface area contributed by atoms with Gasteiger partial charge in [-0.3, -0.25) is 0 Å². The fourth-order valence-corrected chi connectivity index (χ4v) is 3.45. The molecule has 0 spiro atoms. The Bertz CT molecular complexity index is 643. The number of methoxy groups -OCH3 is 1. The topological polar surface area (TPSA) is 82.1 Å². The highest BCUT2D eigenvalue weighted by Crippen LogP contribution is 2.30. The lowest BCUT2D eigenvalue weighted by Gasteiger charge is -2.31. The molecule has 25 heavy (non-hydrogen) atoms. The highest BCUT2D eigenvalue weighted by Gasteiger charge is 2.24. The molecule has 2 fully saturated rings. The van der Waals surface area contributed by atoms with Gasteiger partial charge in [-0.15, -0.1) is 0 Å². The van der Waals surface area contributed by atoms with Gasteiger partial charge in [-0.25, -0.2) is 9.59 Å². The lowest BCUT2D eigenvalue weighted by Crippen LogP contribution is -2.44. The minimum Gasteiger partial charge on any atom is -0.465 e. The number of carbonyl (C=O) groups excluding carboxylic acids is 2. The van der Waals surface area contributed by atoms with E-state index >= 15 is 0 Å². The first kappa shape index (κ1) is 17.5. The van der Waals surface area contributed by atoms with Crippen molar-refractivity contribution in [1.82, 2.24) is 4.90 Å². The van der Waals surface area contributed by atoms with Gasteiger partial charge in [-0.05, 0) is 43.9 Å². The minimum absolute atomic E-state index is 0.249. The summed E-state index contributed by atoms with van der Waals surface area (Å²) < 4.78 is 4.78. The number of hydrogen-bond acceptors (Lipinski definition) is 5. The first-order chi connectivity index (χ1) is 12.1. The highest BCUT2D eigenvalue weighted by molar-refractivity contribution is 5.97. The van der Waals surface area contributed by atoms with Gasteiger partial charge in [0.15, 0.2) is 0 Å². The van der Waals surface area contributed by atoms with Gasteiger partial charge in [0.25, 0.3) is 0 Å².